The van der Waals surface area contributed by atoms with E-state index < -0.39 is 0 Å². The van der Waals surface area contributed by atoms with E-state index in [-0.39, 0.29) is 0 Å². The third kappa shape index (κ3) is 5.08. The lowest BCUT2D eigenvalue weighted by Gasteiger charge is -2.13. The summed E-state index contributed by atoms with van der Waals surface area (Å²) in [7, 11) is 0. The number of hydrogen-bond donors (Lipinski definition) is 0. The zero-order chi connectivity index (χ0) is 40.0. The largest absolute Gasteiger partial charge is 0.309 e. The Morgan fingerprint density at radius 3 is 1.30 bits per heavy atom. The number of hydrogen-bond acceptors (Lipinski definition) is 2. The summed E-state index contributed by atoms with van der Waals surface area (Å²) in [6.45, 7) is 0. The Morgan fingerprint density at radius 1 is 0.262 bits per heavy atom. The fourth-order valence-electron chi connectivity index (χ4n) is 9.73. The fourth-order valence-corrected chi connectivity index (χ4v) is 9.73. The molecule has 4 aromatic heterocycles. The molecule has 0 saturated carbocycles. The van der Waals surface area contributed by atoms with Gasteiger partial charge in [0.15, 0.2) is 0 Å². The average Bonchev–Trinajstić information content (AvgIpc) is 3.96. The quantitative estimate of drug-likeness (QED) is 0.175. The molecule has 0 atom stereocenters. The predicted octanol–water partition coefficient (Wildman–Crippen LogP) is 14.3. The SMILES string of the molecule is c1ccc(-n2c3ccccc3c3cc(-c4ccc5c(c4)c4ccccc4n5-c4nc(-c5ccc6c7ccccc7n(-c7ccccc7)c6c5)c5ccccc5n4)ccc32)cc1. The van der Waals surface area contributed by atoms with Crippen LogP contribution in [-0.4, -0.2) is 23.7 Å². The van der Waals surface area contributed by atoms with Crippen molar-refractivity contribution in [2.75, 3.05) is 0 Å². The van der Waals surface area contributed by atoms with Crippen molar-refractivity contribution >= 4 is 76.3 Å². The van der Waals surface area contributed by atoms with E-state index in [4.69, 9.17) is 9.97 Å². The van der Waals surface area contributed by atoms with Gasteiger partial charge in [0, 0.05) is 54.6 Å². The van der Waals surface area contributed by atoms with Crippen molar-refractivity contribution in [1.82, 2.24) is 23.7 Å². The second-order valence-electron chi connectivity index (χ2n) is 15.8. The standard InChI is InChI=1S/C56H35N5/c1-3-15-39(16-4-1)59-50-25-13-9-20-42(50)46-33-36(28-31-52(46)59)37-29-32-53-47(34-37)43-21-10-14-26-51(43)61(53)56-57-48-23-11-7-22-45(48)55(58-56)38-27-30-44-41-19-8-12-24-49(41)60(54(44)35-38)40-17-5-2-6-18-40/h1-35H. The van der Waals surface area contributed by atoms with Crippen molar-refractivity contribution in [2.24, 2.45) is 0 Å². The van der Waals surface area contributed by atoms with Gasteiger partial charge in [-0.15, -0.1) is 0 Å². The minimum Gasteiger partial charge on any atom is -0.309 e. The molecule has 0 aliphatic rings. The molecule has 0 unspecified atom stereocenters. The van der Waals surface area contributed by atoms with Crippen LogP contribution < -0.4 is 0 Å². The molecule has 0 fully saturated rings. The number of aromatic nitrogens is 5. The number of para-hydroxylation sites is 6. The third-order valence-corrected chi connectivity index (χ3v) is 12.4. The van der Waals surface area contributed by atoms with Gasteiger partial charge >= 0.3 is 0 Å². The zero-order valence-corrected chi connectivity index (χ0v) is 32.9. The molecule has 0 bridgehead atoms. The van der Waals surface area contributed by atoms with Crippen LogP contribution in [0.25, 0.3) is 116 Å². The van der Waals surface area contributed by atoms with Gasteiger partial charge in [0.2, 0.25) is 5.95 Å². The average molecular weight is 778 g/mol. The van der Waals surface area contributed by atoms with Crippen molar-refractivity contribution in [2.45, 2.75) is 0 Å². The van der Waals surface area contributed by atoms with Crippen LogP contribution in [-0.2, 0) is 0 Å². The highest BCUT2D eigenvalue weighted by atomic mass is 15.2. The number of fused-ring (bicyclic) bond motifs is 10. The second-order valence-corrected chi connectivity index (χ2v) is 15.8. The summed E-state index contributed by atoms with van der Waals surface area (Å²) in [5.74, 6) is 0.645. The minimum atomic E-state index is 0.645. The van der Waals surface area contributed by atoms with E-state index >= 15 is 0 Å². The van der Waals surface area contributed by atoms with E-state index in [2.05, 4.69) is 226 Å². The molecule has 0 N–H and O–H groups in total. The molecular formula is C56H35N5. The lowest BCUT2D eigenvalue weighted by molar-refractivity contribution is 1.01. The van der Waals surface area contributed by atoms with Gasteiger partial charge in [-0.1, -0.05) is 133 Å². The predicted molar refractivity (Wildman–Crippen MR) is 253 cm³/mol. The van der Waals surface area contributed by atoms with Crippen LogP contribution in [0, 0.1) is 0 Å². The van der Waals surface area contributed by atoms with E-state index in [1.807, 2.05) is 0 Å². The monoisotopic (exact) mass is 777 g/mol. The van der Waals surface area contributed by atoms with Gasteiger partial charge in [0.25, 0.3) is 0 Å². The van der Waals surface area contributed by atoms with Gasteiger partial charge in [-0.2, -0.15) is 0 Å². The lowest BCUT2D eigenvalue weighted by atomic mass is 10.0. The highest BCUT2D eigenvalue weighted by Crippen LogP contribution is 2.40. The smallest absolute Gasteiger partial charge is 0.235 e. The molecule has 9 aromatic carbocycles. The number of rotatable bonds is 5. The summed E-state index contributed by atoms with van der Waals surface area (Å²) in [6, 6.07) is 76.1. The lowest BCUT2D eigenvalue weighted by Crippen LogP contribution is -2.03. The summed E-state index contributed by atoms with van der Waals surface area (Å²) in [5, 5.41) is 8.25. The Labute approximate surface area is 350 Å². The molecule has 284 valence electrons. The minimum absolute atomic E-state index is 0.645. The van der Waals surface area contributed by atoms with E-state index in [1.54, 1.807) is 0 Å². The topological polar surface area (TPSA) is 40.6 Å². The highest BCUT2D eigenvalue weighted by molar-refractivity contribution is 6.13. The normalized spacial score (nSPS) is 11.9. The molecule has 0 saturated heterocycles. The van der Waals surface area contributed by atoms with Crippen LogP contribution in [0.3, 0.4) is 0 Å². The Kier molecular flexibility index (Phi) is 7.24. The van der Waals surface area contributed by atoms with Crippen molar-refractivity contribution in [3.05, 3.63) is 212 Å². The third-order valence-electron chi connectivity index (χ3n) is 12.4. The molecule has 61 heavy (non-hydrogen) atoms. The van der Waals surface area contributed by atoms with Crippen LogP contribution in [0.5, 0.6) is 0 Å². The van der Waals surface area contributed by atoms with E-state index in [9.17, 15) is 0 Å². The van der Waals surface area contributed by atoms with Gasteiger partial charge in [-0.05, 0) is 90.0 Å². The first-order chi connectivity index (χ1) is 30.3. The molecule has 0 spiro atoms. The Morgan fingerprint density at radius 2 is 0.689 bits per heavy atom. The van der Waals surface area contributed by atoms with Gasteiger partial charge in [0.1, 0.15) is 0 Å². The molecule has 0 amide bonds. The summed E-state index contributed by atoms with van der Waals surface area (Å²) in [4.78, 5) is 10.8. The highest BCUT2D eigenvalue weighted by Gasteiger charge is 2.20. The molecule has 5 heteroatoms. The van der Waals surface area contributed by atoms with E-state index in [0.717, 1.165) is 66.4 Å². The van der Waals surface area contributed by atoms with Crippen LogP contribution in [0.2, 0.25) is 0 Å². The summed E-state index contributed by atoms with van der Waals surface area (Å²) in [6.07, 6.45) is 0. The Bertz CT molecular complexity index is 3870. The van der Waals surface area contributed by atoms with Gasteiger partial charge < -0.3 is 9.13 Å². The number of benzene rings is 9. The number of nitrogens with zero attached hydrogens (tertiary/aromatic N) is 5. The molecule has 13 aromatic rings. The maximum absolute atomic E-state index is 5.49. The van der Waals surface area contributed by atoms with Gasteiger partial charge in [-0.3, -0.25) is 4.57 Å². The first-order valence-electron chi connectivity index (χ1n) is 20.8. The molecule has 0 aliphatic heterocycles. The fraction of sp³-hybridized carbons (Fsp3) is 0. The molecule has 0 aliphatic carbocycles. The van der Waals surface area contributed by atoms with Crippen LogP contribution in [0.1, 0.15) is 0 Å². The maximum atomic E-state index is 5.49. The summed E-state index contributed by atoms with van der Waals surface area (Å²) < 4.78 is 6.97. The van der Waals surface area contributed by atoms with Gasteiger partial charge in [0.05, 0.1) is 44.3 Å². The summed E-state index contributed by atoms with van der Waals surface area (Å²) in [5.41, 5.74) is 14.3. The van der Waals surface area contributed by atoms with E-state index in [1.165, 1.54) is 43.7 Å². The maximum Gasteiger partial charge on any atom is 0.235 e. The van der Waals surface area contributed by atoms with Crippen LogP contribution in [0.4, 0.5) is 0 Å². The molecule has 5 nitrogen and oxygen atoms in total. The Hall–Kier alpha value is -8.28. The van der Waals surface area contributed by atoms with Gasteiger partial charge in [-0.25, -0.2) is 9.97 Å². The first kappa shape index (κ1) is 33.7. The van der Waals surface area contributed by atoms with Crippen LogP contribution in [0.15, 0.2) is 212 Å². The molecular weight excluding hydrogens is 743 g/mol. The van der Waals surface area contributed by atoms with Crippen molar-refractivity contribution in [1.29, 1.82) is 0 Å². The van der Waals surface area contributed by atoms with Crippen molar-refractivity contribution in [3.8, 4) is 39.7 Å². The molecule has 13 rings (SSSR count). The molecule has 0 radical (unpaired) electrons. The molecule has 4 heterocycles. The van der Waals surface area contributed by atoms with Crippen LogP contribution >= 0.6 is 0 Å². The van der Waals surface area contributed by atoms with Crippen molar-refractivity contribution < 1.29 is 0 Å². The van der Waals surface area contributed by atoms with E-state index in [0.29, 0.717) is 5.95 Å². The first-order valence-corrected chi connectivity index (χ1v) is 20.8. The van der Waals surface area contributed by atoms with Crippen molar-refractivity contribution in [3.63, 3.8) is 0 Å². The Balaban J connectivity index is 0.998. The summed E-state index contributed by atoms with van der Waals surface area (Å²) >= 11 is 0. The zero-order valence-electron chi connectivity index (χ0n) is 32.9. The second kappa shape index (κ2) is 13.1.